The zero-order valence-corrected chi connectivity index (χ0v) is 15.4. The van der Waals surface area contributed by atoms with E-state index in [4.69, 9.17) is 40.1 Å². The van der Waals surface area contributed by atoms with E-state index in [1.807, 2.05) is 29.2 Å². The number of nitrogens with zero attached hydrogens (tertiary/aromatic N) is 3. The van der Waals surface area contributed by atoms with Crippen LogP contribution < -0.4 is 9.88 Å². The molecule has 1 aromatic heterocycles. The molecule has 0 unspecified atom stereocenters. The molecule has 1 aliphatic heterocycles. The summed E-state index contributed by atoms with van der Waals surface area (Å²) in [6.45, 7) is 2.25. The number of carbonyl (C=O) groups is 1. The predicted octanol–water partition coefficient (Wildman–Crippen LogP) is 3.29. The zero-order chi connectivity index (χ0) is 18.0. The van der Waals surface area contributed by atoms with Crippen molar-refractivity contribution in [3.8, 4) is 6.07 Å². The van der Waals surface area contributed by atoms with Crippen LogP contribution in [0.5, 0.6) is 0 Å². The molecule has 0 spiro atoms. The summed E-state index contributed by atoms with van der Waals surface area (Å²) in [4.78, 5) is 19.2. The van der Waals surface area contributed by atoms with Crippen LogP contribution in [0, 0.1) is 11.3 Å². The van der Waals surface area contributed by atoms with Crippen LogP contribution in [0.4, 0.5) is 5.82 Å². The number of benzene rings is 1. The van der Waals surface area contributed by atoms with Crippen molar-refractivity contribution in [2.45, 2.75) is 0 Å². The van der Waals surface area contributed by atoms with E-state index in [0.717, 1.165) is 0 Å². The summed E-state index contributed by atoms with van der Waals surface area (Å²) in [7, 11) is 0. The maximum absolute atomic E-state index is 12.5. The number of carbonyl (C=O) groups excluding carboxylic acids is 1. The number of pyridine rings is 1. The molecule has 128 valence electrons. The van der Waals surface area contributed by atoms with Crippen molar-refractivity contribution in [3.05, 3.63) is 56.7 Å². The lowest BCUT2D eigenvalue weighted by molar-refractivity contribution is -0.361. The first-order valence-electron chi connectivity index (χ1n) is 7.62. The second kappa shape index (κ2) is 7.49. The van der Waals surface area contributed by atoms with Crippen molar-refractivity contribution in [3.63, 3.8) is 0 Å². The molecule has 5 nitrogen and oxygen atoms in total. The Kier molecular flexibility index (Phi) is 5.33. The van der Waals surface area contributed by atoms with Crippen molar-refractivity contribution in [2.75, 3.05) is 31.1 Å². The van der Waals surface area contributed by atoms with Gasteiger partial charge in [-0.3, -0.25) is 9.69 Å². The van der Waals surface area contributed by atoms with Gasteiger partial charge >= 0.3 is 0 Å². The number of hydrogen-bond donors (Lipinski definition) is 0. The maximum Gasteiger partial charge on any atom is 0.296 e. The predicted molar refractivity (Wildman–Crippen MR) is 97.3 cm³/mol. The largest absolute Gasteiger partial charge is 0.331 e. The lowest BCUT2D eigenvalue weighted by Crippen LogP contribution is -2.50. The Balaban J connectivity index is 1.75. The molecule has 0 radical (unpaired) electrons. The van der Waals surface area contributed by atoms with E-state index >= 15 is 0 Å². The van der Waals surface area contributed by atoms with E-state index < -0.39 is 0 Å². The molecule has 2 aromatic rings. The monoisotopic (exact) mass is 395 g/mol. The number of halogens is 3. The Morgan fingerprint density at radius 3 is 2.28 bits per heavy atom. The molecule has 1 aliphatic rings. The summed E-state index contributed by atoms with van der Waals surface area (Å²) < 4.78 is 0. The van der Waals surface area contributed by atoms with Crippen LogP contribution in [-0.2, 0) is 0 Å². The van der Waals surface area contributed by atoms with Crippen molar-refractivity contribution in [1.29, 1.82) is 5.26 Å². The summed E-state index contributed by atoms with van der Waals surface area (Å²) in [5, 5.41) is 9.61. The second-order valence-corrected chi connectivity index (χ2v) is 6.68. The summed E-state index contributed by atoms with van der Waals surface area (Å²) >= 11 is 18.5. The van der Waals surface area contributed by atoms with Crippen LogP contribution in [0.15, 0.2) is 30.3 Å². The maximum atomic E-state index is 12.5. The van der Waals surface area contributed by atoms with Crippen molar-refractivity contribution in [2.24, 2.45) is 0 Å². The molecule has 1 N–H and O–H groups in total. The first-order valence-corrected chi connectivity index (χ1v) is 8.75. The number of H-pyrrole nitrogens is 1. The molecule has 0 bridgehead atoms. The lowest BCUT2D eigenvalue weighted by Gasteiger charge is -2.31. The van der Waals surface area contributed by atoms with Gasteiger partial charge in [0.05, 0.1) is 18.1 Å². The smallest absolute Gasteiger partial charge is 0.296 e. The fraction of sp³-hybridized carbons (Fsp3) is 0.235. The third-order valence-corrected chi connectivity index (χ3v) is 5.21. The lowest BCUT2D eigenvalue weighted by atomic mass is 10.2. The van der Waals surface area contributed by atoms with Crippen LogP contribution in [0.25, 0.3) is 0 Å². The molecular formula is C17H14Cl3N4O+. The number of aromatic nitrogens is 1. The molecule has 1 aromatic carbocycles. The second-order valence-electron chi connectivity index (χ2n) is 5.55. The molecule has 0 aliphatic carbocycles. The molecule has 3 rings (SSSR count). The Labute approximate surface area is 160 Å². The Morgan fingerprint density at radius 2 is 1.68 bits per heavy atom. The molecule has 1 fully saturated rings. The Hall–Kier alpha value is -2.00. The van der Waals surface area contributed by atoms with E-state index in [1.165, 1.54) is 0 Å². The van der Waals surface area contributed by atoms with Gasteiger partial charge in [0.2, 0.25) is 5.15 Å². The van der Waals surface area contributed by atoms with Crippen LogP contribution in [0.1, 0.15) is 15.9 Å². The van der Waals surface area contributed by atoms with Gasteiger partial charge in [0.15, 0.2) is 0 Å². The van der Waals surface area contributed by atoms with Gasteiger partial charge in [-0.05, 0) is 23.7 Å². The number of nitrogens with one attached hydrogen (secondary N) is 1. The van der Waals surface area contributed by atoms with Gasteiger partial charge in [0, 0.05) is 5.56 Å². The van der Waals surface area contributed by atoms with E-state index in [-0.39, 0.29) is 26.7 Å². The molecule has 25 heavy (non-hydrogen) atoms. The average Bonchev–Trinajstić information content (AvgIpc) is 2.65. The molecule has 0 saturated carbocycles. The molecular weight excluding hydrogens is 383 g/mol. The van der Waals surface area contributed by atoms with Gasteiger partial charge in [0.25, 0.3) is 11.7 Å². The van der Waals surface area contributed by atoms with E-state index in [1.54, 1.807) is 17.0 Å². The van der Waals surface area contributed by atoms with Crippen LogP contribution in [0.2, 0.25) is 15.2 Å². The number of nitriles is 1. The number of aromatic amines is 1. The molecule has 8 heteroatoms. The number of rotatable bonds is 2. The standard InChI is InChI=1S/C17H13Cl3N4O/c18-13-12(10-21)15(20)22-16(14(13)19)23-6-8-24(9-7-23)17(25)11-4-2-1-3-5-11/h1-5H,6-9H2/p+1. The minimum Gasteiger partial charge on any atom is -0.331 e. The van der Waals surface area contributed by atoms with E-state index in [9.17, 15) is 4.79 Å². The minimum absolute atomic E-state index is 0.00576. The van der Waals surface area contributed by atoms with Gasteiger partial charge in [-0.15, -0.1) is 0 Å². The number of piperazine rings is 1. The highest BCUT2D eigenvalue weighted by molar-refractivity contribution is 6.45. The van der Waals surface area contributed by atoms with Gasteiger partial charge in [-0.1, -0.05) is 41.4 Å². The van der Waals surface area contributed by atoms with Gasteiger partial charge < -0.3 is 4.90 Å². The van der Waals surface area contributed by atoms with Gasteiger partial charge in [-0.25, -0.2) is 4.98 Å². The third-order valence-electron chi connectivity index (χ3n) is 4.08. The van der Waals surface area contributed by atoms with Crippen molar-refractivity contribution >= 4 is 46.5 Å². The highest BCUT2D eigenvalue weighted by atomic mass is 35.5. The quantitative estimate of drug-likeness (QED) is 0.732. The summed E-state index contributed by atoms with van der Waals surface area (Å²) in [6.07, 6.45) is 0. The van der Waals surface area contributed by atoms with Crippen molar-refractivity contribution in [1.82, 2.24) is 4.90 Å². The molecule has 1 saturated heterocycles. The van der Waals surface area contributed by atoms with E-state index in [0.29, 0.717) is 37.6 Å². The zero-order valence-electron chi connectivity index (χ0n) is 13.1. The van der Waals surface area contributed by atoms with E-state index in [2.05, 4.69) is 4.98 Å². The third kappa shape index (κ3) is 3.52. The summed E-state index contributed by atoms with van der Waals surface area (Å²) in [5.74, 6) is 0.564. The first kappa shape index (κ1) is 17.8. The topological polar surface area (TPSA) is 61.5 Å². The average molecular weight is 397 g/mol. The molecule has 0 atom stereocenters. The van der Waals surface area contributed by atoms with Crippen molar-refractivity contribution < 1.29 is 9.78 Å². The molecule has 2 heterocycles. The number of amides is 1. The van der Waals surface area contributed by atoms with Gasteiger partial charge in [-0.2, -0.15) is 5.26 Å². The van der Waals surface area contributed by atoms with Crippen LogP contribution in [0.3, 0.4) is 0 Å². The fourth-order valence-electron chi connectivity index (χ4n) is 2.74. The van der Waals surface area contributed by atoms with Crippen LogP contribution in [-0.4, -0.2) is 37.0 Å². The number of hydrogen-bond acceptors (Lipinski definition) is 3. The number of anilines is 1. The highest BCUT2D eigenvalue weighted by Gasteiger charge is 2.31. The van der Waals surface area contributed by atoms with Crippen LogP contribution >= 0.6 is 34.8 Å². The highest BCUT2D eigenvalue weighted by Crippen LogP contribution is 2.34. The first-order chi connectivity index (χ1) is 12.0. The van der Waals surface area contributed by atoms with Gasteiger partial charge in [0.1, 0.15) is 29.7 Å². The Bertz CT molecular complexity index is 843. The molecule has 1 amide bonds. The SMILES string of the molecule is N#Cc1c(Cl)[nH+]c(N2CCN(C(=O)c3ccccc3)CC2)c(Cl)c1Cl. The minimum atomic E-state index is 0.00576. The Morgan fingerprint density at radius 1 is 1.04 bits per heavy atom. The summed E-state index contributed by atoms with van der Waals surface area (Å²) in [5.41, 5.74) is 0.792. The fourth-order valence-corrected chi connectivity index (χ4v) is 3.51. The normalized spacial score (nSPS) is 14.3. The summed E-state index contributed by atoms with van der Waals surface area (Å²) in [6, 6.07) is 11.1.